The molecule has 2 N–H and O–H groups in total. The lowest BCUT2D eigenvalue weighted by Gasteiger charge is -2.20. The fraction of sp³-hybridized carbons (Fsp3) is 0.333. The number of aryl methyl sites for hydroxylation is 1. The van der Waals surface area contributed by atoms with Crippen LogP contribution in [0.25, 0.3) is 0 Å². The van der Waals surface area contributed by atoms with Crippen LogP contribution in [0.5, 0.6) is 0 Å². The molecule has 0 radical (unpaired) electrons. The van der Waals surface area contributed by atoms with Crippen molar-refractivity contribution < 1.29 is 9.32 Å². The standard InChI is InChI=1S/C15H17N3O2/c1-10-8-11(20-18-10)9-17-15(19)13-4-2-6-14-12(13)5-3-7-16-14/h2,4,6,8,16H,3,5,7,9H2,1H3,(H,17,19). The van der Waals surface area contributed by atoms with E-state index in [1.54, 1.807) is 0 Å². The molecule has 0 bridgehead atoms. The van der Waals surface area contributed by atoms with Crippen LogP contribution in [0.1, 0.15) is 33.8 Å². The molecule has 20 heavy (non-hydrogen) atoms. The Morgan fingerprint density at radius 2 is 2.40 bits per heavy atom. The summed E-state index contributed by atoms with van der Waals surface area (Å²) in [5, 5.41) is 10.0. The van der Waals surface area contributed by atoms with E-state index in [4.69, 9.17) is 4.52 Å². The summed E-state index contributed by atoms with van der Waals surface area (Å²) in [7, 11) is 0. The van der Waals surface area contributed by atoms with Crippen molar-refractivity contribution in [1.82, 2.24) is 10.5 Å². The van der Waals surface area contributed by atoms with Gasteiger partial charge in [-0.25, -0.2) is 0 Å². The monoisotopic (exact) mass is 271 g/mol. The molecule has 1 aliphatic rings. The van der Waals surface area contributed by atoms with E-state index in [2.05, 4.69) is 15.8 Å². The van der Waals surface area contributed by atoms with Gasteiger partial charge in [0.25, 0.3) is 5.91 Å². The first-order valence-electron chi connectivity index (χ1n) is 6.80. The van der Waals surface area contributed by atoms with Crippen LogP contribution in [0.3, 0.4) is 0 Å². The molecule has 0 unspecified atom stereocenters. The Hall–Kier alpha value is -2.30. The third kappa shape index (κ3) is 2.52. The molecule has 2 aromatic rings. The van der Waals surface area contributed by atoms with Crippen LogP contribution in [0.15, 0.2) is 28.8 Å². The number of carbonyl (C=O) groups excluding carboxylic acids is 1. The minimum absolute atomic E-state index is 0.0698. The third-order valence-electron chi connectivity index (χ3n) is 3.44. The second-order valence-corrected chi connectivity index (χ2v) is 4.98. The normalized spacial score (nSPS) is 13.4. The summed E-state index contributed by atoms with van der Waals surface area (Å²) in [5.41, 5.74) is 3.73. The van der Waals surface area contributed by atoms with Gasteiger partial charge in [-0.3, -0.25) is 4.79 Å². The quantitative estimate of drug-likeness (QED) is 0.898. The van der Waals surface area contributed by atoms with Crippen LogP contribution in [0, 0.1) is 6.92 Å². The highest BCUT2D eigenvalue weighted by Crippen LogP contribution is 2.25. The summed E-state index contributed by atoms with van der Waals surface area (Å²) in [6, 6.07) is 7.62. The maximum Gasteiger partial charge on any atom is 0.252 e. The van der Waals surface area contributed by atoms with Crippen molar-refractivity contribution in [2.75, 3.05) is 11.9 Å². The topological polar surface area (TPSA) is 67.2 Å². The number of nitrogens with one attached hydrogen (secondary N) is 2. The number of anilines is 1. The number of hydrogen-bond acceptors (Lipinski definition) is 4. The van der Waals surface area contributed by atoms with Gasteiger partial charge in [-0.15, -0.1) is 0 Å². The third-order valence-corrected chi connectivity index (χ3v) is 3.44. The summed E-state index contributed by atoms with van der Waals surface area (Å²) >= 11 is 0. The summed E-state index contributed by atoms with van der Waals surface area (Å²) in [6.07, 6.45) is 1.99. The van der Waals surface area contributed by atoms with Crippen molar-refractivity contribution in [3.05, 3.63) is 46.8 Å². The Kier molecular flexibility index (Phi) is 3.41. The first kappa shape index (κ1) is 12.7. The van der Waals surface area contributed by atoms with Gasteiger partial charge in [-0.05, 0) is 37.5 Å². The molecule has 1 aliphatic heterocycles. The number of aromatic nitrogens is 1. The molecule has 0 saturated carbocycles. The maximum atomic E-state index is 12.3. The Morgan fingerprint density at radius 1 is 1.50 bits per heavy atom. The second kappa shape index (κ2) is 5.36. The molecular formula is C15H17N3O2. The summed E-state index contributed by atoms with van der Waals surface area (Å²) in [4.78, 5) is 12.3. The summed E-state index contributed by atoms with van der Waals surface area (Å²) in [5.74, 6) is 0.596. The molecule has 1 aromatic carbocycles. The zero-order valence-corrected chi connectivity index (χ0v) is 11.4. The Labute approximate surface area is 117 Å². The Morgan fingerprint density at radius 3 is 3.20 bits per heavy atom. The van der Waals surface area contributed by atoms with Crippen molar-refractivity contribution in [2.24, 2.45) is 0 Å². The first-order valence-corrected chi connectivity index (χ1v) is 6.80. The number of carbonyl (C=O) groups is 1. The number of hydrogen-bond donors (Lipinski definition) is 2. The van der Waals surface area contributed by atoms with Crippen LogP contribution >= 0.6 is 0 Å². The lowest BCUT2D eigenvalue weighted by atomic mass is 9.97. The fourth-order valence-electron chi connectivity index (χ4n) is 2.48. The van der Waals surface area contributed by atoms with Gasteiger partial charge in [0.2, 0.25) is 0 Å². The van der Waals surface area contributed by atoms with Gasteiger partial charge < -0.3 is 15.2 Å². The minimum Gasteiger partial charge on any atom is -0.385 e. The largest absolute Gasteiger partial charge is 0.385 e. The van der Waals surface area contributed by atoms with E-state index in [0.717, 1.165) is 41.9 Å². The van der Waals surface area contributed by atoms with Gasteiger partial charge in [0.15, 0.2) is 5.76 Å². The molecule has 0 fully saturated rings. The summed E-state index contributed by atoms with van der Waals surface area (Å²) in [6.45, 7) is 3.18. The van der Waals surface area contributed by atoms with Crippen molar-refractivity contribution in [3.63, 3.8) is 0 Å². The van der Waals surface area contributed by atoms with Crippen molar-refractivity contribution in [1.29, 1.82) is 0 Å². The van der Waals surface area contributed by atoms with Crippen LogP contribution in [-0.4, -0.2) is 17.6 Å². The molecule has 1 aromatic heterocycles. The summed E-state index contributed by atoms with van der Waals surface area (Å²) < 4.78 is 5.09. The van der Waals surface area contributed by atoms with Gasteiger partial charge in [0, 0.05) is 23.9 Å². The van der Waals surface area contributed by atoms with E-state index in [1.165, 1.54) is 0 Å². The second-order valence-electron chi connectivity index (χ2n) is 4.98. The number of amides is 1. The molecule has 1 amide bonds. The molecule has 0 atom stereocenters. The van der Waals surface area contributed by atoms with Crippen LogP contribution in [-0.2, 0) is 13.0 Å². The number of benzene rings is 1. The molecule has 3 rings (SSSR count). The molecule has 2 heterocycles. The predicted octanol–water partition coefficient (Wildman–Crippen LogP) is 2.27. The number of rotatable bonds is 3. The Bertz CT molecular complexity index is 634. The van der Waals surface area contributed by atoms with Gasteiger partial charge >= 0.3 is 0 Å². The SMILES string of the molecule is Cc1cc(CNC(=O)c2cccc3c2CCCN3)on1. The predicted molar refractivity (Wildman–Crippen MR) is 75.7 cm³/mol. The zero-order chi connectivity index (χ0) is 13.9. The van der Waals surface area contributed by atoms with E-state index in [9.17, 15) is 4.79 Å². The van der Waals surface area contributed by atoms with Crippen LogP contribution in [0.2, 0.25) is 0 Å². The van der Waals surface area contributed by atoms with Gasteiger partial charge in [0.1, 0.15) is 0 Å². The number of fused-ring (bicyclic) bond motifs is 1. The van der Waals surface area contributed by atoms with Crippen LogP contribution in [0.4, 0.5) is 5.69 Å². The zero-order valence-electron chi connectivity index (χ0n) is 11.4. The lowest BCUT2D eigenvalue weighted by Crippen LogP contribution is -2.25. The van der Waals surface area contributed by atoms with Crippen molar-refractivity contribution in [3.8, 4) is 0 Å². The maximum absolute atomic E-state index is 12.3. The highest BCUT2D eigenvalue weighted by Gasteiger charge is 2.17. The lowest BCUT2D eigenvalue weighted by molar-refractivity contribution is 0.0946. The molecule has 104 valence electrons. The molecule has 0 saturated heterocycles. The van der Waals surface area contributed by atoms with Crippen LogP contribution < -0.4 is 10.6 Å². The molecular weight excluding hydrogens is 254 g/mol. The van der Waals surface area contributed by atoms with Gasteiger partial charge in [0.05, 0.1) is 12.2 Å². The van der Waals surface area contributed by atoms with E-state index >= 15 is 0 Å². The Balaban J connectivity index is 1.74. The van der Waals surface area contributed by atoms with E-state index in [0.29, 0.717) is 12.3 Å². The van der Waals surface area contributed by atoms with Gasteiger partial charge in [-0.1, -0.05) is 11.2 Å². The minimum atomic E-state index is -0.0698. The smallest absolute Gasteiger partial charge is 0.252 e. The van der Waals surface area contributed by atoms with E-state index in [1.807, 2.05) is 31.2 Å². The highest BCUT2D eigenvalue weighted by atomic mass is 16.5. The average molecular weight is 271 g/mol. The molecule has 0 aliphatic carbocycles. The van der Waals surface area contributed by atoms with Crippen molar-refractivity contribution >= 4 is 11.6 Å². The van der Waals surface area contributed by atoms with E-state index in [-0.39, 0.29) is 5.91 Å². The molecule has 5 nitrogen and oxygen atoms in total. The first-order chi connectivity index (χ1) is 9.74. The number of nitrogens with zero attached hydrogens (tertiary/aromatic N) is 1. The van der Waals surface area contributed by atoms with Crippen molar-refractivity contribution in [2.45, 2.75) is 26.3 Å². The van der Waals surface area contributed by atoms with E-state index < -0.39 is 0 Å². The molecule has 5 heteroatoms. The fourth-order valence-corrected chi connectivity index (χ4v) is 2.48. The highest BCUT2D eigenvalue weighted by molar-refractivity contribution is 5.97. The van der Waals surface area contributed by atoms with Gasteiger partial charge in [-0.2, -0.15) is 0 Å². The average Bonchev–Trinajstić information content (AvgIpc) is 2.90. The molecule has 0 spiro atoms.